The third-order valence-electron chi connectivity index (χ3n) is 1.77. The van der Waals surface area contributed by atoms with E-state index in [1.54, 1.807) is 0 Å². The van der Waals surface area contributed by atoms with E-state index in [4.69, 9.17) is 5.73 Å². The van der Waals surface area contributed by atoms with Crippen molar-refractivity contribution in [3.63, 3.8) is 0 Å². The Bertz CT molecular complexity index is 95.6. The zero-order valence-electron chi connectivity index (χ0n) is 8.97. The summed E-state index contributed by atoms with van der Waals surface area (Å²) in [6.45, 7) is 6.05. The van der Waals surface area contributed by atoms with Crippen LogP contribution in [0.2, 0.25) is 0 Å². The highest BCUT2D eigenvalue weighted by atomic mass is 15.1. The second-order valence-electron chi connectivity index (χ2n) is 3.45. The average molecular weight is 188 g/mol. The van der Waals surface area contributed by atoms with Gasteiger partial charge in [-0.2, -0.15) is 0 Å². The molecule has 0 bridgehead atoms. The smallest absolute Gasteiger partial charge is 0.0101 e. The normalized spacial score (nSPS) is 11.1. The average Bonchev–Trinajstić information content (AvgIpc) is 2.09. The lowest BCUT2D eigenvalue weighted by Gasteiger charge is -2.10. The number of likely N-dealkylation sites (N-methyl/N-ethyl adjacent to an activating group) is 1. The Kier molecular flexibility index (Phi) is 9.80. The highest BCUT2D eigenvalue weighted by Crippen LogP contribution is 1.71. The van der Waals surface area contributed by atoms with Gasteiger partial charge in [0.25, 0.3) is 0 Å². The molecule has 0 spiro atoms. The summed E-state index contributed by atoms with van der Waals surface area (Å²) in [5.74, 6) is 0. The van der Waals surface area contributed by atoms with E-state index in [-0.39, 0.29) is 0 Å². The first-order valence-corrected chi connectivity index (χ1v) is 5.03. The van der Waals surface area contributed by atoms with Crippen molar-refractivity contribution in [3.05, 3.63) is 0 Å². The van der Waals surface area contributed by atoms with E-state index < -0.39 is 0 Å². The van der Waals surface area contributed by atoms with E-state index in [1.807, 2.05) is 0 Å². The van der Waals surface area contributed by atoms with Gasteiger partial charge in [-0.1, -0.05) is 0 Å². The van der Waals surface area contributed by atoms with Crippen molar-refractivity contribution in [2.75, 3.05) is 53.4 Å². The first kappa shape index (κ1) is 12.8. The molecule has 4 heteroatoms. The van der Waals surface area contributed by atoms with Crippen LogP contribution in [0.25, 0.3) is 0 Å². The molecule has 0 rings (SSSR count). The van der Waals surface area contributed by atoms with Crippen molar-refractivity contribution in [1.82, 2.24) is 15.5 Å². The van der Waals surface area contributed by atoms with Crippen LogP contribution >= 0.6 is 0 Å². The van der Waals surface area contributed by atoms with Crippen LogP contribution in [0, 0.1) is 0 Å². The van der Waals surface area contributed by atoms with Crippen molar-refractivity contribution in [1.29, 1.82) is 0 Å². The number of nitrogens with zero attached hydrogens (tertiary/aromatic N) is 1. The minimum Gasteiger partial charge on any atom is -0.330 e. The van der Waals surface area contributed by atoms with E-state index in [9.17, 15) is 0 Å². The molecular weight excluding hydrogens is 164 g/mol. The van der Waals surface area contributed by atoms with Crippen LogP contribution < -0.4 is 16.4 Å². The van der Waals surface area contributed by atoms with Crippen molar-refractivity contribution in [2.24, 2.45) is 5.73 Å². The predicted molar refractivity (Wildman–Crippen MR) is 58.0 cm³/mol. The van der Waals surface area contributed by atoms with Gasteiger partial charge in [-0.05, 0) is 33.6 Å². The molecule has 0 amide bonds. The van der Waals surface area contributed by atoms with Crippen LogP contribution in [0.15, 0.2) is 0 Å². The lowest BCUT2D eigenvalue weighted by atomic mass is 10.4. The summed E-state index contributed by atoms with van der Waals surface area (Å²) in [5, 5.41) is 6.68. The third-order valence-corrected chi connectivity index (χ3v) is 1.77. The van der Waals surface area contributed by atoms with E-state index in [0.29, 0.717) is 0 Å². The van der Waals surface area contributed by atoms with Gasteiger partial charge in [-0.15, -0.1) is 0 Å². The van der Waals surface area contributed by atoms with Gasteiger partial charge in [0, 0.05) is 26.2 Å². The fraction of sp³-hybridized carbons (Fsp3) is 1.00. The lowest BCUT2D eigenvalue weighted by Crippen LogP contribution is -2.32. The van der Waals surface area contributed by atoms with Gasteiger partial charge in [0.2, 0.25) is 0 Å². The van der Waals surface area contributed by atoms with Gasteiger partial charge >= 0.3 is 0 Å². The fourth-order valence-corrected chi connectivity index (χ4v) is 0.957. The molecule has 0 aromatic heterocycles. The Morgan fingerprint density at radius 1 is 1.00 bits per heavy atom. The zero-order valence-corrected chi connectivity index (χ0v) is 8.97. The van der Waals surface area contributed by atoms with E-state index >= 15 is 0 Å². The van der Waals surface area contributed by atoms with Crippen LogP contribution in [0.1, 0.15) is 6.42 Å². The molecule has 0 saturated heterocycles. The molecule has 0 unspecified atom stereocenters. The van der Waals surface area contributed by atoms with Crippen LogP contribution in [0.4, 0.5) is 0 Å². The second kappa shape index (κ2) is 9.92. The topological polar surface area (TPSA) is 53.3 Å². The largest absolute Gasteiger partial charge is 0.330 e. The molecule has 0 aromatic rings. The summed E-state index contributed by atoms with van der Waals surface area (Å²) in [6, 6.07) is 0. The molecule has 80 valence electrons. The summed E-state index contributed by atoms with van der Waals surface area (Å²) in [7, 11) is 4.17. The van der Waals surface area contributed by atoms with E-state index in [0.717, 1.165) is 45.7 Å². The highest BCUT2D eigenvalue weighted by molar-refractivity contribution is 4.54. The quantitative estimate of drug-likeness (QED) is 0.410. The minimum atomic E-state index is 0.779. The Hall–Kier alpha value is -0.160. The maximum atomic E-state index is 5.36. The monoisotopic (exact) mass is 188 g/mol. The molecule has 13 heavy (non-hydrogen) atoms. The van der Waals surface area contributed by atoms with Crippen LogP contribution in [0.3, 0.4) is 0 Å². The minimum absolute atomic E-state index is 0.779. The molecule has 0 aromatic carbocycles. The van der Waals surface area contributed by atoms with Crippen molar-refractivity contribution < 1.29 is 0 Å². The molecule has 0 aliphatic heterocycles. The Morgan fingerprint density at radius 3 is 2.15 bits per heavy atom. The number of hydrogen-bond donors (Lipinski definition) is 3. The summed E-state index contributed by atoms with van der Waals surface area (Å²) in [5.41, 5.74) is 5.36. The van der Waals surface area contributed by atoms with Gasteiger partial charge in [-0.3, -0.25) is 0 Å². The van der Waals surface area contributed by atoms with Gasteiger partial charge in [0.15, 0.2) is 0 Å². The predicted octanol–water partition coefficient (Wildman–Crippen LogP) is -0.924. The second-order valence-corrected chi connectivity index (χ2v) is 3.45. The SMILES string of the molecule is CN(C)CCNCCNCCCN. The number of hydrogen-bond acceptors (Lipinski definition) is 4. The molecule has 4 nitrogen and oxygen atoms in total. The fourth-order valence-electron chi connectivity index (χ4n) is 0.957. The lowest BCUT2D eigenvalue weighted by molar-refractivity contribution is 0.399. The molecule has 0 atom stereocenters. The molecule has 0 fully saturated rings. The van der Waals surface area contributed by atoms with E-state index in [1.165, 1.54) is 0 Å². The van der Waals surface area contributed by atoms with Gasteiger partial charge in [-0.25, -0.2) is 0 Å². The van der Waals surface area contributed by atoms with Crippen LogP contribution in [0.5, 0.6) is 0 Å². The summed E-state index contributed by atoms with van der Waals surface area (Å²) in [6.07, 6.45) is 1.07. The van der Waals surface area contributed by atoms with Crippen molar-refractivity contribution in [2.45, 2.75) is 6.42 Å². The first-order chi connectivity index (χ1) is 6.27. The Labute approximate surface area is 81.9 Å². The van der Waals surface area contributed by atoms with Gasteiger partial charge < -0.3 is 21.3 Å². The maximum Gasteiger partial charge on any atom is 0.0101 e. The molecule has 4 N–H and O–H groups in total. The van der Waals surface area contributed by atoms with Gasteiger partial charge in [0.05, 0.1) is 0 Å². The Morgan fingerprint density at radius 2 is 1.62 bits per heavy atom. The standard InChI is InChI=1S/C9H24N4/c1-13(2)9-8-12-7-6-11-5-3-4-10/h11-12H,3-10H2,1-2H3. The maximum absolute atomic E-state index is 5.36. The highest BCUT2D eigenvalue weighted by Gasteiger charge is 1.89. The van der Waals surface area contributed by atoms with Crippen LogP contribution in [-0.4, -0.2) is 58.3 Å². The molecule has 0 aliphatic carbocycles. The summed E-state index contributed by atoms with van der Waals surface area (Å²) in [4.78, 5) is 2.18. The molecule has 0 saturated carbocycles. The first-order valence-electron chi connectivity index (χ1n) is 5.03. The molecule has 0 heterocycles. The van der Waals surface area contributed by atoms with Crippen molar-refractivity contribution in [3.8, 4) is 0 Å². The number of nitrogens with two attached hydrogens (primary N) is 1. The molecular formula is C9H24N4. The Balaban J connectivity index is 2.84. The molecule has 0 radical (unpaired) electrons. The number of nitrogens with one attached hydrogen (secondary N) is 2. The van der Waals surface area contributed by atoms with E-state index in [2.05, 4.69) is 29.6 Å². The molecule has 0 aliphatic rings. The van der Waals surface area contributed by atoms with Gasteiger partial charge in [0.1, 0.15) is 0 Å². The summed E-state index contributed by atoms with van der Waals surface area (Å²) >= 11 is 0. The van der Waals surface area contributed by atoms with Crippen LogP contribution in [-0.2, 0) is 0 Å². The summed E-state index contributed by atoms with van der Waals surface area (Å²) < 4.78 is 0. The zero-order chi connectivity index (χ0) is 9.94. The third kappa shape index (κ3) is 11.8. The number of rotatable bonds is 9. The van der Waals surface area contributed by atoms with Crippen molar-refractivity contribution >= 4 is 0 Å².